The highest BCUT2D eigenvalue weighted by Gasteiger charge is 2.38. The first-order valence-corrected chi connectivity index (χ1v) is 13.8. The van der Waals surface area contributed by atoms with E-state index in [1.807, 2.05) is 19.1 Å². The second-order valence-corrected chi connectivity index (χ2v) is 10.9. The van der Waals surface area contributed by atoms with Crippen molar-refractivity contribution in [3.8, 4) is 5.75 Å². The van der Waals surface area contributed by atoms with Crippen LogP contribution in [0.1, 0.15) is 84.1 Å². The number of halogens is 1. The van der Waals surface area contributed by atoms with Gasteiger partial charge in [0, 0.05) is 25.4 Å². The highest BCUT2D eigenvalue weighted by atomic mass is 35.5. The number of phenolic OH excluding ortho intramolecular Hbond substituents is 1. The fourth-order valence-electron chi connectivity index (χ4n) is 6.06. The zero-order valence-electron chi connectivity index (χ0n) is 23.0. The normalized spacial score (nSPS) is 23.3. The van der Waals surface area contributed by atoms with Gasteiger partial charge in [-0.2, -0.15) is 0 Å². The number of ether oxygens (including phenoxy) is 1. The van der Waals surface area contributed by atoms with Gasteiger partial charge >= 0.3 is 5.97 Å². The van der Waals surface area contributed by atoms with Crippen LogP contribution in [0.25, 0.3) is 0 Å². The summed E-state index contributed by atoms with van der Waals surface area (Å²) in [4.78, 5) is 27.3. The van der Waals surface area contributed by atoms with Gasteiger partial charge in [-0.3, -0.25) is 9.59 Å². The summed E-state index contributed by atoms with van der Waals surface area (Å²) in [5.74, 6) is 1.28. The molecule has 1 aliphatic heterocycles. The van der Waals surface area contributed by atoms with Crippen LogP contribution >= 0.6 is 12.4 Å². The Hall–Kier alpha value is -1.83. The molecule has 3 unspecified atom stereocenters. The molecule has 37 heavy (non-hydrogen) atoms. The molecule has 1 saturated heterocycles. The zero-order chi connectivity index (χ0) is 25.3. The number of carbonyl (C=O) groups excluding carboxylic acids is 2. The highest BCUT2D eigenvalue weighted by Crippen LogP contribution is 2.40. The molecule has 1 amide bonds. The van der Waals surface area contributed by atoms with Crippen LogP contribution in [-0.4, -0.2) is 60.1 Å². The van der Waals surface area contributed by atoms with Crippen LogP contribution in [0.5, 0.6) is 5.75 Å². The first-order chi connectivity index (χ1) is 16.8. The fraction of sp³-hybridized carbons (Fsp3) is 0.724. The fourth-order valence-corrected chi connectivity index (χ4v) is 6.06. The van der Waals surface area contributed by atoms with Crippen molar-refractivity contribution >= 4 is 24.3 Å². The molecule has 2 aliphatic rings. The lowest BCUT2D eigenvalue weighted by Crippen LogP contribution is -2.48. The van der Waals surface area contributed by atoms with Crippen molar-refractivity contribution in [3.63, 3.8) is 0 Å². The van der Waals surface area contributed by atoms with Crippen molar-refractivity contribution in [2.75, 3.05) is 32.8 Å². The van der Waals surface area contributed by atoms with E-state index in [2.05, 4.69) is 30.1 Å². The molecule has 8 heteroatoms. The minimum absolute atomic E-state index is 0. The van der Waals surface area contributed by atoms with E-state index in [4.69, 9.17) is 4.74 Å². The van der Waals surface area contributed by atoms with E-state index in [0.29, 0.717) is 43.6 Å². The maximum absolute atomic E-state index is 13.2. The third kappa shape index (κ3) is 9.45. The second-order valence-electron chi connectivity index (χ2n) is 10.9. The molecule has 0 spiro atoms. The lowest BCUT2D eigenvalue weighted by atomic mass is 9.68. The molecule has 1 heterocycles. The van der Waals surface area contributed by atoms with Crippen molar-refractivity contribution in [2.24, 2.45) is 17.8 Å². The van der Waals surface area contributed by atoms with Gasteiger partial charge in [-0.15, -0.1) is 12.4 Å². The van der Waals surface area contributed by atoms with E-state index in [-0.39, 0.29) is 41.1 Å². The summed E-state index contributed by atoms with van der Waals surface area (Å²) in [7, 11) is 0. The maximum atomic E-state index is 13.2. The summed E-state index contributed by atoms with van der Waals surface area (Å²) < 4.78 is 4.99. The zero-order valence-corrected chi connectivity index (χ0v) is 23.8. The average molecular weight is 541 g/mol. The summed E-state index contributed by atoms with van der Waals surface area (Å²) in [6, 6.07) is 7.73. The van der Waals surface area contributed by atoms with Gasteiger partial charge in [-0.05, 0) is 87.1 Å². The Labute approximate surface area is 229 Å². The quantitative estimate of drug-likeness (QED) is 0.314. The summed E-state index contributed by atoms with van der Waals surface area (Å²) >= 11 is 0. The average Bonchev–Trinajstić information content (AvgIpc) is 2.85. The smallest absolute Gasteiger partial charge is 0.305 e. The number of rotatable bonds is 11. The lowest BCUT2D eigenvalue weighted by Gasteiger charge is -2.45. The Kier molecular flexibility index (Phi) is 14.5. The minimum Gasteiger partial charge on any atom is -0.508 e. The van der Waals surface area contributed by atoms with Crippen LogP contribution in [0.2, 0.25) is 0 Å². The van der Waals surface area contributed by atoms with Crippen LogP contribution in [0, 0.1) is 17.8 Å². The topological polar surface area (TPSA) is 110 Å². The van der Waals surface area contributed by atoms with Crippen molar-refractivity contribution in [3.05, 3.63) is 29.8 Å². The van der Waals surface area contributed by atoms with Gasteiger partial charge in [-0.1, -0.05) is 45.2 Å². The molecular formula is C29H49ClN2O5. The summed E-state index contributed by atoms with van der Waals surface area (Å²) in [6.07, 6.45) is 8.93. The lowest BCUT2D eigenvalue weighted by molar-refractivity contribution is -0.143. The second kappa shape index (κ2) is 16.2. The standard InChI is InChI=1S/C29H46N2O4.ClH.H2O/c1-4-35-27(33)14-9-17-30-28(34)26(23-10-6-5-7-11-23)15-18-31-19-16-29(3,22(2)21-31)24-12-8-13-25(32)20-24;;/h8,12-13,20,22-23,26,32H,4-7,9-11,14-19,21H2,1-3H3,(H,30,34);1H;1H2. The number of likely N-dealkylation sites (tertiary alicyclic amines) is 1. The van der Waals surface area contributed by atoms with E-state index >= 15 is 0 Å². The SMILES string of the molecule is CCOC(=O)CCCNC(=O)C(CCN1CCC(C)(c2cccc(O)c2)C(C)C1)C1CCCCC1.Cl.O. The van der Waals surface area contributed by atoms with Crippen LogP contribution in [-0.2, 0) is 19.7 Å². The number of nitrogens with one attached hydrogen (secondary N) is 1. The number of piperidine rings is 1. The van der Waals surface area contributed by atoms with Gasteiger partial charge in [0.1, 0.15) is 5.75 Å². The van der Waals surface area contributed by atoms with Crippen molar-refractivity contribution in [1.82, 2.24) is 10.2 Å². The Morgan fingerprint density at radius 2 is 1.97 bits per heavy atom. The van der Waals surface area contributed by atoms with Gasteiger partial charge in [0.25, 0.3) is 0 Å². The number of benzene rings is 1. The molecule has 3 rings (SSSR count). The predicted molar refractivity (Wildman–Crippen MR) is 150 cm³/mol. The molecule has 212 valence electrons. The Bertz CT molecular complexity index is 832. The number of esters is 1. The Balaban J connectivity index is 0.00000342. The van der Waals surface area contributed by atoms with Crippen molar-refractivity contribution in [1.29, 1.82) is 0 Å². The molecule has 0 radical (unpaired) electrons. The minimum atomic E-state index is -0.192. The summed E-state index contributed by atoms with van der Waals surface area (Å²) in [5.41, 5.74) is 1.26. The molecule has 7 nitrogen and oxygen atoms in total. The third-order valence-electron chi connectivity index (χ3n) is 8.55. The van der Waals surface area contributed by atoms with E-state index in [1.165, 1.54) is 24.8 Å². The highest BCUT2D eigenvalue weighted by molar-refractivity contribution is 5.85. The van der Waals surface area contributed by atoms with E-state index in [1.54, 1.807) is 6.07 Å². The number of hydrogen-bond donors (Lipinski definition) is 2. The monoisotopic (exact) mass is 540 g/mol. The first-order valence-electron chi connectivity index (χ1n) is 13.8. The molecule has 1 saturated carbocycles. The number of hydrogen-bond acceptors (Lipinski definition) is 5. The van der Waals surface area contributed by atoms with Crippen LogP contribution < -0.4 is 5.32 Å². The molecular weight excluding hydrogens is 492 g/mol. The Morgan fingerprint density at radius 1 is 1.24 bits per heavy atom. The van der Waals surface area contributed by atoms with Crippen molar-refractivity contribution < 1.29 is 24.9 Å². The predicted octanol–water partition coefficient (Wildman–Crippen LogP) is 4.63. The Morgan fingerprint density at radius 3 is 2.62 bits per heavy atom. The third-order valence-corrected chi connectivity index (χ3v) is 8.55. The van der Waals surface area contributed by atoms with Crippen molar-refractivity contribution in [2.45, 2.75) is 84.0 Å². The molecule has 1 aliphatic carbocycles. The van der Waals surface area contributed by atoms with Gasteiger partial charge < -0.3 is 25.5 Å². The summed E-state index contributed by atoms with van der Waals surface area (Å²) in [5, 5.41) is 13.1. The van der Waals surface area contributed by atoms with E-state index in [0.717, 1.165) is 45.3 Å². The molecule has 1 aromatic rings. The van der Waals surface area contributed by atoms with Crippen LogP contribution in [0.3, 0.4) is 0 Å². The summed E-state index contributed by atoms with van der Waals surface area (Å²) in [6.45, 7) is 10.3. The number of amides is 1. The number of phenols is 1. The molecule has 0 bridgehead atoms. The molecule has 2 fully saturated rings. The molecule has 3 atom stereocenters. The van der Waals surface area contributed by atoms with Gasteiger partial charge in [0.15, 0.2) is 0 Å². The molecule has 1 aromatic carbocycles. The number of nitrogens with zero attached hydrogens (tertiary/aromatic N) is 1. The molecule has 4 N–H and O–H groups in total. The maximum Gasteiger partial charge on any atom is 0.305 e. The largest absolute Gasteiger partial charge is 0.508 e. The van der Waals surface area contributed by atoms with E-state index < -0.39 is 0 Å². The number of aromatic hydroxyl groups is 1. The van der Waals surface area contributed by atoms with Gasteiger partial charge in [0.05, 0.1) is 6.61 Å². The number of carbonyl (C=O) groups is 2. The van der Waals surface area contributed by atoms with Crippen LogP contribution in [0.4, 0.5) is 0 Å². The van der Waals surface area contributed by atoms with Gasteiger partial charge in [0.2, 0.25) is 5.91 Å². The first kappa shape index (κ1) is 33.2. The van der Waals surface area contributed by atoms with E-state index in [9.17, 15) is 14.7 Å². The van der Waals surface area contributed by atoms with Crippen LogP contribution in [0.15, 0.2) is 24.3 Å². The molecule has 0 aromatic heterocycles. The van der Waals surface area contributed by atoms with Gasteiger partial charge in [-0.25, -0.2) is 0 Å².